The third kappa shape index (κ3) is 4.71. The van der Waals surface area contributed by atoms with E-state index in [0.29, 0.717) is 25.2 Å². The number of hydrogen-bond acceptors (Lipinski definition) is 4. The lowest BCUT2D eigenvalue weighted by molar-refractivity contribution is -0.117. The molecule has 2 aromatic rings. The van der Waals surface area contributed by atoms with E-state index in [9.17, 15) is 9.90 Å². The Morgan fingerprint density at radius 1 is 1.17 bits per heavy atom. The first-order chi connectivity index (χ1) is 10.9. The summed E-state index contributed by atoms with van der Waals surface area (Å²) in [5.41, 5.74) is 3.69. The zero-order valence-electron chi connectivity index (χ0n) is 11.6. The molecule has 0 aromatic heterocycles. The number of carbonyl (C=O) groups is 1. The number of amides is 1. The summed E-state index contributed by atoms with van der Waals surface area (Å²) in [5.74, 6) is 4.82. The number of hydrogen-bond donors (Lipinski definition) is 4. The number of nitrogens with two attached hydrogens (primary N) is 1. The summed E-state index contributed by atoms with van der Waals surface area (Å²) in [4.78, 5) is 12.0. The molecule has 0 fully saturated rings. The van der Waals surface area contributed by atoms with E-state index in [2.05, 4.69) is 42.6 Å². The van der Waals surface area contributed by atoms with Crippen molar-refractivity contribution >= 4 is 61.1 Å². The number of anilines is 1. The van der Waals surface area contributed by atoms with Gasteiger partial charge in [-0.25, -0.2) is 5.84 Å². The van der Waals surface area contributed by atoms with E-state index in [1.165, 1.54) is 0 Å². The second-order valence-corrected chi connectivity index (χ2v) is 6.64. The maximum Gasteiger partial charge on any atom is 0.281 e. The van der Waals surface area contributed by atoms with E-state index in [0.717, 1.165) is 0 Å². The summed E-state index contributed by atoms with van der Waals surface area (Å²) in [5, 5.41) is 13.3. The van der Waals surface area contributed by atoms with Crippen molar-refractivity contribution in [3.05, 3.63) is 61.6 Å². The van der Waals surface area contributed by atoms with Crippen LogP contribution in [0.5, 0.6) is 5.75 Å². The van der Waals surface area contributed by atoms with Crippen molar-refractivity contribution in [2.75, 3.05) is 5.32 Å². The maximum atomic E-state index is 12.0. The Kier molecular flexibility index (Phi) is 6.06. The maximum absolute atomic E-state index is 12.0. The number of carbonyl (C=O) groups excluding carboxylic acids is 1. The average Bonchev–Trinajstić information content (AvgIpc) is 2.53. The molecule has 0 atom stereocenters. The van der Waals surface area contributed by atoms with Crippen LogP contribution in [0.15, 0.2) is 51.0 Å². The number of hydrazine groups is 1. The quantitative estimate of drug-likeness (QED) is 0.240. The molecule has 2 aromatic carbocycles. The Morgan fingerprint density at radius 3 is 2.26 bits per heavy atom. The molecule has 8 heteroatoms. The largest absolute Gasteiger partial charge is 0.506 e. The van der Waals surface area contributed by atoms with Crippen LogP contribution in [0.3, 0.4) is 0 Å². The number of phenolic OH excluding ortho intramolecular Hbond substituents is 1. The Bertz CT molecular complexity index is 741. The third-order valence-corrected chi connectivity index (χ3v) is 4.31. The van der Waals surface area contributed by atoms with Gasteiger partial charge in [0.25, 0.3) is 5.91 Å². The lowest BCUT2D eigenvalue weighted by Gasteiger charge is -2.11. The fourth-order valence-electron chi connectivity index (χ4n) is 1.76. The molecule has 0 aliphatic carbocycles. The van der Waals surface area contributed by atoms with Gasteiger partial charge in [-0.3, -0.25) is 10.2 Å². The number of benzene rings is 2. The van der Waals surface area contributed by atoms with Crippen molar-refractivity contribution in [1.29, 1.82) is 0 Å². The van der Waals surface area contributed by atoms with Crippen LogP contribution in [-0.2, 0) is 4.79 Å². The Balaban J connectivity index is 2.38. The topological polar surface area (TPSA) is 87.4 Å². The zero-order chi connectivity index (χ0) is 17.0. The minimum atomic E-state index is -0.486. The van der Waals surface area contributed by atoms with Gasteiger partial charge >= 0.3 is 0 Å². The molecule has 0 spiro atoms. The Hall–Kier alpha value is -1.54. The number of rotatable bonds is 4. The van der Waals surface area contributed by atoms with Crippen LogP contribution in [0.2, 0.25) is 5.02 Å². The zero-order valence-corrected chi connectivity index (χ0v) is 15.5. The predicted molar refractivity (Wildman–Crippen MR) is 98.9 cm³/mol. The third-order valence-electron chi connectivity index (χ3n) is 2.85. The van der Waals surface area contributed by atoms with Crippen LogP contribution < -0.4 is 16.6 Å². The second kappa shape index (κ2) is 7.83. The summed E-state index contributed by atoms with van der Waals surface area (Å²) in [6.07, 6.45) is 1.60. The average molecular weight is 462 g/mol. The molecule has 0 unspecified atom stereocenters. The Morgan fingerprint density at radius 2 is 1.74 bits per heavy atom. The van der Waals surface area contributed by atoms with Gasteiger partial charge in [0.05, 0.1) is 8.95 Å². The molecule has 5 nitrogen and oxygen atoms in total. The van der Waals surface area contributed by atoms with Crippen LogP contribution in [0, 0.1) is 0 Å². The van der Waals surface area contributed by atoms with Gasteiger partial charge in [0.15, 0.2) is 0 Å². The van der Waals surface area contributed by atoms with Gasteiger partial charge in [-0.2, -0.15) is 0 Å². The highest BCUT2D eigenvalue weighted by Gasteiger charge is 2.11. The summed E-state index contributed by atoms with van der Waals surface area (Å²) in [6, 6.07) is 10.2. The van der Waals surface area contributed by atoms with Crippen LogP contribution in [0.1, 0.15) is 5.56 Å². The van der Waals surface area contributed by atoms with Crippen molar-refractivity contribution in [3.8, 4) is 5.75 Å². The summed E-state index contributed by atoms with van der Waals surface area (Å²) < 4.78 is 0.995. The van der Waals surface area contributed by atoms with Crippen LogP contribution in [0.25, 0.3) is 6.08 Å². The minimum Gasteiger partial charge on any atom is -0.506 e. The number of nitrogens with one attached hydrogen (secondary N) is 2. The SMILES string of the molecule is NNC(=O)/C(=C\c1cc(Br)c(O)c(Br)c1)Nc1ccc(Cl)cc1. The molecule has 1 amide bonds. The smallest absolute Gasteiger partial charge is 0.281 e. The summed E-state index contributed by atoms with van der Waals surface area (Å²) >= 11 is 12.3. The van der Waals surface area contributed by atoms with Crippen molar-refractivity contribution < 1.29 is 9.90 Å². The van der Waals surface area contributed by atoms with Gasteiger partial charge in [-0.1, -0.05) is 11.6 Å². The lowest BCUT2D eigenvalue weighted by atomic mass is 10.1. The molecule has 0 saturated heterocycles. The molecule has 0 radical (unpaired) electrons. The minimum absolute atomic E-state index is 0.0811. The fourth-order valence-corrected chi connectivity index (χ4v) is 3.11. The highest BCUT2D eigenvalue weighted by Crippen LogP contribution is 2.34. The molecule has 0 aliphatic rings. The first-order valence-corrected chi connectivity index (χ1v) is 8.30. The van der Waals surface area contributed by atoms with E-state index >= 15 is 0 Å². The van der Waals surface area contributed by atoms with Gasteiger partial charge < -0.3 is 10.4 Å². The molecule has 0 bridgehead atoms. The van der Waals surface area contributed by atoms with E-state index in [4.69, 9.17) is 17.4 Å². The van der Waals surface area contributed by atoms with Gasteiger partial charge in [-0.15, -0.1) is 0 Å². The van der Waals surface area contributed by atoms with E-state index in [-0.39, 0.29) is 11.4 Å². The van der Waals surface area contributed by atoms with Gasteiger partial charge in [0.2, 0.25) is 0 Å². The normalized spacial score (nSPS) is 11.2. The van der Waals surface area contributed by atoms with Crippen LogP contribution in [-0.4, -0.2) is 11.0 Å². The molecular formula is C15H12Br2ClN3O2. The van der Waals surface area contributed by atoms with Gasteiger partial charge in [0, 0.05) is 10.7 Å². The van der Waals surface area contributed by atoms with E-state index < -0.39 is 5.91 Å². The predicted octanol–water partition coefficient (Wildman–Crippen LogP) is 4.01. The lowest BCUT2D eigenvalue weighted by Crippen LogP contribution is -2.33. The number of aromatic hydroxyl groups is 1. The first-order valence-electron chi connectivity index (χ1n) is 6.34. The molecule has 120 valence electrons. The molecule has 0 heterocycles. The van der Waals surface area contributed by atoms with Crippen LogP contribution in [0.4, 0.5) is 5.69 Å². The van der Waals surface area contributed by atoms with Crippen molar-refractivity contribution in [2.24, 2.45) is 5.84 Å². The summed E-state index contributed by atoms with van der Waals surface area (Å²) in [7, 11) is 0. The number of phenols is 1. The molecule has 23 heavy (non-hydrogen) atoms. The highest BCUT2D eigenvalue weighted by atomic mass is 79.9. The molecular weight excluding hydrogens is 449 g/mol. The molecule has 2 rings (SSSR count). The standard InChI is InChI=1S/C15H12Br2ClN3O2/c16-11-5-8(6-12(17)14(11)22)7-13(15(23)21-19)20-10-3-1-9(18)2-4-10/h1-7,20,22H,19H2,(H,21,23)/b13-7+. The Labute approximate surface area is 154 Å². The monoisotopic (exact) mass is 459 g/mol. The van der Waals surface area contributed by atoms with Crippen LogP contribution >= 0.6 is 43.5 Å². The van der Waals surface area contributed by atoms with Crippen molar-refractivity contribution in [3.63, 3.8) is 0 Å². The molecule has 5 N–H and O–H groups in total. The first kappa shape index (κ1) is 17.8. The van der Waals surface area contributed by atoms with E-state index in [1.807, 2.05) is 0 Å². The molecule has 0 saturated carbocycles. The van der Waals surface area contributed by atoms with Crippen molar-refractivity contribution in [1.82, 2.24) is 5.43 Å². The summed E-state index contributed by atoms with van der Waals surface area (Å²) in [6.45, 7) is 0. The number of halogens is 3. The van der Waals surface area contributed by atoms with Crippen molar-refractivity contribution in [2.45, 2.75) is 0 Å². The fraction of sp³-hybridized carbons (Fsp3) is 0. The van der Waals surface area contributed by atoms with E-state index in [1.54, 1.807) is 42.5 Å². The molecule has 0 aliphatic heterocycles. The van der Waals surface area contributed by atoms with Gasteiger partial charge in [-0.05, 0) is 79.9 Å². The van der Waals surface area contributed by atoms with Gasteiger partial charge in [0.1, 0.15) is 11.4 Å². The highest BCUT2D eigenvalue weighted by molar-refractivity contribution is 9.11. The second-order valence-electron chi connectivity index (χ2n) is 4.50.